The molecule has 1 aromatic heterocycles. The highest BCUT2D eigenvalue weighted by atomic mass is 16.3. The van der Waals surface area contributed by atoms with Crippen molar-refractivity contribution in [2.75, 3.05) is 0 Å². The molecular weight excluding hydrogens is 126 g/mol. The summed E-state index contributed by atoms with van der Waals surface area (Å²) in [6.45, 7) is 3.60. The molecule has 0 aliphatic rings. The van der Waals surface area contributed by atoms with Gasteiger partial charge >= 0.3 is 0 Å². The van der Waals surface area contributed by atoms with Gasteiger partial charge in [0.25, 0.3) is 0 Å². The molecule has 2 nitrogen and oxygen atoms in total. The number of nitrogens with two attached hydrogens (primary N) is 1. The first kappa shape index (κ1) is 7.09. The Kier molecular flexibility index (Phi) is 2.29. The van der Waals surface area contributed by atoms with Gasteiger partial charge in [-0.2, -0.15) is 0 Å². The first-order chi connectivity index (χ1) is 4.84. The summed E-state index contributed by atoms with van der Waals surface area (Å²) in [5, 5.41) is 0. The molecule has 0 fully saturated rings. The minimum absolute atomic E-state index is 0.0382. The molecule has 1 aromatic rings. The molecule has 0 radical (unpaired) electrons. The Morgan fingerprint density at radius 2 is 2.60 bits per heavy atom. The lowest BCUT2D eigenvalue weighted by Gasteiger charge is -2.03. The van der Waals surface area contributed by atoms with Gasteiger partial charge in [-0.1, -0.05) is 6.08 Å². The van der Waals surface area contributed by atoms with Crippen molar-refractivity contribution in [3.63, 3.8) is 0 Å². The van der Waals surface area contributed by atoms with Gasteiger partial charge in [0.15, 0.2) is 0 Å². The maximum absolute atomic E-state index is 5.72. The van der Waals surface area contributed by atoms with E-state index in [2.05, 4.69) is 6.58 Å². The fraction of sp³-hybridized carbons (Fsp3) is 0.250. The van der Waals surface area contributed by atoms with Gasteiger partial charge in [0.05, 0.1) is 12.5 Å². The Morgan fingerprint density at radius 1 is 1.80 bits per heavy atom. The molecule has 10 heavy (non-hydrogen) atoms. The number of hydrogen-bond acceptors (Lipinski definition) is 2. The van der Waals surface area contributed by atoms with Crippen LogP contribution in [0.1, 0.15) is 18.0 Å². The second kappa shape index (κ2) is 3.22. The van der Waals surface area contributed by atoms with Crippen LogP contribution in [0.3, 0.4) is 0 Å². The van der Waals surface area contributed by atoms with E-state index in [4.69, 9.17) is 10.2 Å². The van der Waals surface area contributed by atoms with Crippen LogP contribution in [0, 0.1) is 0 Å². The molecule has 0 bridgehead atoms. The van der Waals surface area contributed by atoms with Crippen molar-refractivity contribution in [2.24, 2.45) is 5.73 Å². The number of rotatable bonds is 3. The van der Waals surface area contributed by atoms with Crippen LogP contribution in [0.2, 0.25) is 0 Å². The summed E-state index contributed by atoms with van der Waals surface area (Å²) in [4.78, 5) is 0. The fourth-order valence-corrected chi connectivity index (χ4v) is 0.802. The van der Waals surface area contributed by atoms with Crippen LogP contribution in [0.4, 0.5) is 0 Å². The molecule has 0 saturated heterocycles. The van der Waals surface area contributed by atoms with E-state index >= 15 is 0 Å². The first-order valence-corrected chi connectivity index (χ1v) is 3.23. The SMILES string of the molecule is C=CC[C@H](N)c1ccoc1. The predicted octanol–water partition coefficient (Wildman–Crippen LogP) is 1.86. The lowest BCUT2D eigenvalue weighted by molar-refractivity contribution is 0.559. The summed E-state index contributed by atoms with van der Waals surface area (Å²) in [5.41, 5.74) is 6.75. The normalized spacial score (nSPS) is 12.9. The average Bonchev–Trinajstić information content (AvgIpc) is 2.38. The maximum Gasteiger partial charge on any atom is 0.0950 e. The Bertz CT molecular complexity index is 191. The third kappa shape index (κ3) is 1.48. The van der Waals surface area contributed by atoms with Crippen LogP contribution in [-0.4, -0.2) is 0 Å². The molecule has 2 heteroatoms. The third-order valence-electron chi connectivity index (χ3n) is 1.39. The quantitative estimate of drug-likeness (QED) is 0.646. The topological polar surface area (TPSA) is 39.2 Å². The van der Waals surface area contributed by atoms with Crippen LogP contribution < -0.4 is 5.73 Å². The molecule has 1 heterocycles. The van der Waals surface area contributed by atoms with Gasteiger partial charge in [-0.25, -0.2) is 0 Å². The second-order valence-electron chi connectivity index (χ2n) is 2.19. The van der Waals surface area contributed by atoms with E-state index in [9.17, 15) is 0 Å². The van der Waals surface area contributed by atoms with E-state index in [1.54, 1.807) is 18.6 Å². The van der Waals surface area contributed by atoms with Gasteiger partial charge in [-0.3, -0.25) is 0 Å². The summed E-state index contributed by atoms with van der Waals surface area (Å²) in [6.07, 6.45) is 5.88. The molecule has 0 aliphatic heterocycles. The van der Waals surface area contributed by atoms with E-state index in [1.165, 1.54) is 0 Å². The van der Waals surface area contributed by atoms with E-state index < -0.39 is 0 Å². The molecule has 0 saturated carbocycles. The summed E-state index contributed by atoms with van der Waals surface area (Å²) in [7, 11) is 0. The van der Waals surface area contributed by atoms with Crippen LogP contribution >= 0.6 is 0 Å². The highest BCUT2D eigenvalue weighted by Gasteiger charge is 2.02. The smallest absolute Gasteiger partial charge is 0.0950 e. The van der Waals surface area contributed by atoms with Crippen molar-refractivity contribution in [1.29, 1.82) is 0 Å². The van der Waals surface area contributed by atoms with E-state index in [-0.39, 0.29) is 6.04 Å². The largest absolute Gasteiger partial charge is 0.472 e. The van der Waals surface area contributed by atoms with Crippen molar-refractivity contribution < 1.29 is 4.42 Å². The van der Waals surface area contributed by atoms with Crippen molar-refractivity contribution in [1.82, 2.24) is 0 Å². The molecule has 2 N–H and O–H groups in total. The van der Waals surface area contributed by atoms with Gasteiger partial charge in [-0.15, -0.1) is 6.58 Å². The Labute approximate surface area is 60.3 Å². The summed E-state index contributed by atoms with van der Waals surface area (Å²) < 4.78 is 4.87. The maximum atomic E-state index is 5.72. The van der Waals surface area contributed by atoms with Crippen LogP contribution in [0.25, 0.3) is 0 Å². The van der Waals surface area contributed by atoms with E-state index in [0.29, 0.717) is 0 Å². The van der Waals surface area contributed by atoms with Crippen LogP contribution in [-0.2, 0) is 0 Å². The average molecular weight is 137 g/mol. The molecule has 0 spiro atoms. The molecular formula is C8H11NO. The molecule has 0 amide bonds. The van der Waals surface area contributed by atoms with E-state index in [1.807, 2.05) is 6.07 Å². The standard InChI is InChI=1S/C8H11NO/c1-2-3-8(9)7-4-5-10-6-7/h2,4-6,8H,1,3,9H2/t8-/m0/s1. The van der Waals surface area contributed by atoms with Gasteiger partial charge in [0, 0.05) is 11.6 Å². The zero-order valence-electron chi connectivity index (χ0n) is 5.79. The highest BCUT2D eigenvalue weighted by Crippen LogP contribution is 2.13. The Hall–Kier alpha value is -1.02. The van der Waals surface area contributed by atoms with Crippen molar-refractivity contribution >= 4 is 0 Å². The molecule has 0 unspecified atom stereocenters. The minimum atomic E-state index is 0.0382. The highest BCUT2D eigenvalue weighted by molar-refractivity contribution is 5.11. The first-order valence-electron chi connectivity index (χ1n) is 3.23. The Morgan fingerprint density at radius 3 is 3.10 bits per heavy atom. The van der Waals surface area contributed by atoms with Crippen LogP contribution in [0.15, 0.2) is 35.7 Å². The third-order valence-corrected chi connectivity index (χ3v) is 1.39. The van der Waals surface area contributed by atoms with E-state index in [0.717, 1.165) is 12.0 Å². The molecule has 1 rings (SSSR count). The predicted molar refractivity (Wildman–Crippen MR) is 40.5 cm³/mol. The van der Waals surface area contributed by atoms with Gasteiger partial charge in [-0.05, 0) is 12.5 Å². The summed E-state index contributed by atoms with van der Waals surface area (Å²) >= 11 is 0. The van der Waals surface area contributed by atoms with Crippen molar-refractivity contribution in [3.8, 4) is 0 Å². The van der Waals surface area contributed by atoms with Gasteiger partial charge < -0.3 is 10.2 Å². The fourth-order valence-electron chi connectivity index (χ4n) is 0.802. The lowest BCUT2D eigenvalue weighted by atomic mass is 10.1. The van der Waals surface area contributed by atoms with Gasteiger partial charge in [0.1, 0.15) is 0 Å². The zero-order chi connectivity index (χ0) is 7.40. The summed E-state index contributed by atoms with van der Waals surface area (Å²) in [6, 6.07) is 1.91. The molecule has 1 atom stereocenters. The molecule has 54 valence electrons. The van der Waals surface area contributed by atoms with Crippen molar-refractivity contribution in [2.45, 2.75) is 12.5 Å². The number of hydrogen-bond donors (Lipinski definition) is 1. The number of furan rings is 1. The van der Waals surface area contributed by atoms with Crippen LogP contribution in [0.5, 0.6) is 0 Å². The van der Waals surface area contributed by atoms with Crippen molar-refractivity contribution in [3.05, 3.63) is 36.8 Å². The Balaban J connectivity index is 2.58. The lowest BCUT2D eigenvalue weighted by Crippen LogP contribution is -2.07. The second-order valence-corrected chi connectivity index (χ2v) is 2.19. The zero-order valence-corrected chi connectivity index (χ0v) is 5.79. The van der Waals surface area contributed by atoms with Gasteiger partial charge in [0.2, 0.25) is 0 Å². The monoisotopic (exact) mass is 137 g/mol. The summed E-state index contributed by atoms with van der Waals surface area (Å²) in [5.74, 6) is 0. The molecule has 0 aromatic carbocycles. The minimum Gasteiger partial charge on any atom is -0.472 e. The molecule has 0 aliphatic carbocycles.